The highest BCUT2D eigenvalue weighted by molar-refractivity contribution is 5.69. The number of hydrogen-bond acceptors (Lipinski definition) is 4. The molecule has 1 amide bonds. The summed E-state index contributed by atoms with van der Waals surface area (Å²) in [4.78, 5) is 13.0. The maximum absolute atomic E-state index is 11.3. The number of phenols is 1. The zero-order chi connectivity index (χ0) is 12.3. The third kappa shape index (κ3) is 2.68. The van der Waals surface area contributed by atoms with Crippen LogP contribution in [0.2, 0.25) is 0 Å². The van der Waals surface area contributed by atoms with Crippen molar-refractivity contribution >= 4 is 6.09 Å². The van der Waals surface area contributed by atoms with E-state index in [1.54, 1.807) is 17.0 Å². The molecular weight excluding hydrogens is 220 g/mol. The van der Waals surface area contributed by atoms with Crippen LogP contribution in [0.15, 0.2) is 24.3 Å². The summed E-state index contributed by atoms with van der Waals surface area (Å²) in [7, 11) is 0. The van der Waals surface area contributed by atoms with E-state index >= 15 is 0 Å². The van der Waals surface area contributed by atoms with Crippen molar-refractivity contribution < 1.29 is 14.6 Å². The zero-order valence-electron chi connectivity index (χ0n) is 9.50. The number of nitrogens with zero attached hydrogens (tertiary/aromatic N) is 1. The molecule has 0 bridgehead atoms. The average Bonchev–Trinajstić information content (AvgIpc) is 2.73. The Balaban J connectivity index is 2.05. The molecule has 17 heavy (non-hydrogen) atoms. The van der Waals surface area contributed by atoms with Crippen LogP contribution in [0.1, 0.15) is 11.5 Å². The minimum absolute atomic E-state index is 0.0706. The summed E-state index contributed by atoms with van der Waals surface area (Å²) < 4.78 is 4.87. The summed E-state index contributed by atoms with van der Waals surface area (Å²) in [6.45, 7) is 2.08. The van der Waals surface area contributed by atoms with Crippen molar-refractivity contribution in [2.24, 2.45) is 5.73 Å². The first-order valence-electron chi connectivity index (χ1n) is 5.61. The van der Waals surface area contributed by atoms with E-state index < -0.39 is 0 Å². The third-order valence-electron chi connectivity index (χ3n) is 2.93. The first-order valence-corrected chi connectivity index (χ1v) is 5.61. The van der Waals surface area contributed by atoms with Gasteiger partial charge in [0.1, 0.15) is 12.4 Å². The molecule has 1 heterocycles. The molecule has 5 heteroatoms. The Kier molecular flexibility index (Phi) is 3.49. The van der Waals surface area contributed by atoms with E-state index in [1.165, 1.54) is 0 Å². The number of carbonyl (C=O) groups excluding carboxylic acids is 1. The molecule has 0 radical (unpaired) electrons. The highest BCUT2D eigenvalue weighted by Crippen LogP contribution is 2.20. The van der Waals surface area contributed by atoms with Gasteiger partial charge >= 0.3 is 6.09 Å². The van der Waals surface area contributed by atoms with Crippen LogP contribution in [-0.2, 0) is 4.74 Å². The molecule has 5 nitrogen and oxygen atoms in total. The highest BCUT2D eigenvalue weighted by atomic mass is 16.6. The van der Waals surface area contributed by atoms with Gasteiger partial charge in [0.05, 0.1) is 6.54 Å². The summed E-state index contributed by atoms with van der Waals surface area (Å²) in [6, 6.07) is 6.91. The van der Waals surface area contributed by atoms with Crippen molar-refractivity contribution in [3.8, 4) is 5.75 Å². The SMILES string of the molecule is NCC(CN1CCOC1=O)c1ccc(O)cc1. The van der Waals surface area contributed by atoms with Gasteiger partial charge in [0.25, 0.3) is 0 Å². The fourth-order valence-electron chi connectivity index (χ4n) is 1.92. The number of phenolic OH excluding ortho intramolecular Hbond substituents is 1. The van der Waals surface area contributed by atoms with Gasteiger partial charge in [0.2, 0.25) is 0 Å². The Bertz CT molecular complexity index is 391. The van der Waals surface area contributed by atoms with Crippen LogP contribution in [0, 0.1) is 0 Å². The quantitative estimate of drug-likeness (QED) is 0.814. The topological polar surface area (TPSA) is 75.8 Å². The van der Waals surface area contributed by atoms with Crippen molar-refractivity contribution in [1.29, 1.82) is 0 Å². The van der Waals surface area contributed by atoms with Crippen molar-refractivity contribution in [2.75, 3.05) is 26.2 Å². The van der Waals surface area contributed by atoms with Gasteiger partial charge < -0.3 is 20.5 Å². The second-order valence-electron chi connectivity index (χ2n) is 4.08. The van der Waals surface area contributed by atoms with Crippen molar-refractivity contribution in [3.63, 3.8) is 0 Å². The maximum atomic E-state index is 11.3. The summed E-state index contributed by atoms with van der Waals surface area (Å²) >= 11 is 0. The second kappa shape index (κ2) is 5.05. The lowest BCUT2D eigenvalue weighted by atomic mass is 9.98. The summed E-state index contributed by atoms with van der Waals surface area (Å²) in [5.41, 5.74) is 6.74. The Morgan fingerprint density at radius 2 is 2.12 bits per heavy atom. The summed E-state index contributed by atoms with van der Waals surface area (Å²) in [5.74, 6) is 0.298. The van der Waals surface area contributed by atoms with Crippen molar-refractivity contribution in [1.82, 2.24) is 4.90 Å². The standard InChI is InChI=1S/C12H16N2O3/c13-7-10(8-14-5-6-17-12(14)16)9-1-3-11(15)4-2-9/h1-4,10,15H,5-8,13H2. The second-order valence-corrected chi connectivity index (χ2v) is 4.08. The predicted molar refractivity (Wildman–Crippen MR) is 62.8 cm³/mol. The molecule has 2 rings (SSSR count). The molecule has 1 aromatic rings. The van der Waals surface area contributed by atoms with Gasteiger partial charge in [0.15, 0.2) is 0 Å². The first-order chi connectivity index (χ1) is 8.20. The number of aromatic hydroxyl groups is 1. The van der Waals surface area contributed by atoms with E-state index in [-0.39, 0.29) is 17.8 Å². The lowest BCUT2D eigenvalue weighted by molar-refractivity contribution is 0.157. The summed E-state index contributed by atoms with van der Waals surface area (Å²) in [6.07, 6.45) is -0.276. The zero-order valence-corrected chi connectivity index (χ0v) is 9.50. The van der Waals surface area contributed by atoms with Crippen LogP contribution in [0.25, 0.3) is 0 Å². The van der Waals surface area contributed by atoms with Crippen LogP contribution >= 0.6 is 0 Å². The Morgan fingerprint density at radius 1 is 1.41 bits per heavy atom. The molecule has 0 aromatic heterocycles. The van der Waals surface area contributed by atoms with E-state index in [2.05, 4.69) is 0 Å². The monoisotopic (exact) mass is 236 g/mol. The molecular formula is C12H16N2O3. The number of cyclic esters (lactones) is 1. The van der Waals surface area contributed by atoms with Crippen LogP contribution in [0.4, 0.5) is 4.79 Å². The fraction of sp³-hybridized carbons (Fsp3) is 0.417. The number of carbonyl (C=O) groups is 1. The molecule has 1 unspecified atom stereocenters. The van der Waals surface area contributed by atoms with Gasteiger partial charge in [-0.15, -0.1) is 0 Å². The molecule has 92 valence electrons. The molecule has 1 aliphatic heterocycles. The molecule has 0 aliphatic carbocycles. The molecule has 1 aliphatic rings. The van der Waals surface area contributed by atoms with Crippen molar-refractivity contribution in [2.45, 2.75) is 5.92 Å². The van der Waals surface area contributed by atoms with Gasteiger partial charge in [-0.2, -0.15) is 0 Å². The lowest BCUT2D eigenvalue weighted by Crippen LogP contribution is -2.32. The number of hydrogen-bond donors (Lipinski definition) is 2. The molecule has 1 fully saturated rings. The van der Waals surface area contributed by atoms with E-state index in [0.29, 0.717) is 26.2 Å². The first kappa shape index (κ1) is 11.7. The van der Waals surface area contributed by atoms with Crippen LogP contribution in [-0.4, -0.2) is 42.3 Å². The van der Waals surface area contributed by atoms with Crippen molar-refractivity contribution in [3.05, 3.63) is 29.8 Å². The van der Waals surface area contributed by atoms with Gasteiger partial charge in [0, 0.05) is 19.0 Å². The fourth-order valence-corrected chi connectivity index (χ4v) is 1.92. The van der Waals surface area contributed by atoms with Gasteiger partial charge in [-0.05, 0) is 17.7 Å². The number of benzene rings is 1. The van der Waals surface area contributed by atoms with Gasteiger partial charge in [-0.3, -0.25) is 0 Å². The molecule has 0 spiro atoms. The normalized spacial score (nSPS) is 17.0. The minimum atomic E-state index is -0.276. The Morgan fingerprint density at radius 3 is 2.65 bits per heavy atom. The molecule has 1 atom stereocenters. The highest BCUT2D eigenvalue weighted by Gasteiger charge is 2.25. The van der Waals surface area contributed by atoms with E-state index in [0.717, 1.165) is 5.56 Å². The van der Waals surface area contributed by atoms with Gasteiger partial charge in [-0.1, -0.05) is 12.1 Å². The largest absolute Gasteiger partial charge is 0.508 e. The molecule has 3 N–H and O–H groups in total. The molecule has 0 saturated carbocycles. The van der Waals surface area contributed by atoms with Gasteiger partial charge in [-0.25, -0.2) is 4.79 Å². The number of rotatable bonds is 4. The van der Waals surface area contributed by atoms with E-state index in [9.17, 15) is 9.90 Å². The van der Waals surface area contributed by atoms with E-state index in [1.807, 2.05) is 12.1 Å². The van der Waals surface area contributed by atoms with E-state index in [4.69, 9.17) is 10.5 Å². The average molecular weight is 236 g/mol. The number of nitrogens with two attached hydrogens (primary N) is 1. The van der Waals surface area contributed by atoms with Crippen LogP contribution < -0.4 is 5.73 Å². The van der Waals surface area contributed by atoms with Crippen LogP contribution in [0.3, 0.4) is 0 Å². The summed E-state index contributed by atoms with van der Waals surface area (Å²) in [5, 5.41) is 9.22. The lowest BCUT2D eigenvalue weighted by Gasteiger charge is -2.21. The van der Waals surface area contributed by atoms with Crippen LogP contribution in [0.5, 0.6) is 5.75 Å². The third-order valence-corrected chi connectivity index (χ3v) is 2.93. The minimum Gasteiger partial charge on any atom is -0.508 e. The molecule has 1 saturated heterocycles. The number of ether oxygens (including phenoxy) is 1. The maximum Gasteiger partial charge on any atom is 0.409 e. The molecule has 1 aromatic carbocycles. The Labute approximate surface area is 99.8 Å². The predicted octanol–water partition coefficient (Wildman–Crippen LogP) is 0.887. The smallest absolute Gasteiger partial charge is 0.409 e. The Hall–Kier alpha value is -1.75. The number of amides is 1.